The maximum absolute atomic E-state index is 13.4. The highest BCUT2D eigenvalue weighted by Gasteiger charge is 2.07. The number of benzene rings is 1. The highest BCUT2D eigenvalue weighted by molar-refractivity contribution is 9.10. The molecular weight excluding hydrogens is 247 g/mol. The summed E-state index contributed by atoms with van der Waals surface area (Å²) in [6.45, 7) is 0. The van der Waals surface area contributed by atoms with Crippen molar-refractivity contribution in [2.45, 2.75) is 0 Å². The summed E-state index contributed by atoms with van der Waals surface area (Å²) in [5, 5.41) is 0. The zero-order chi connectivity index (χ0) is 9.97. The summed E-state index contributed by atoms with van der Waals surface area (Å²) >= 11 is 3.25. The molecule has 1 aromatic carbocycles. The summed E-state index contributed by atoms with van der Waals surface area (Å²) in [5.74, 6) is -0.275. The van der Waals surface area contributed by atoms with Crippen molar-refractivity contribution in [1.82, 2.24) is 9.97 Å². The second-order valence-corrected chi connectivity index (χ2v) is 3.46. The largest absolute Gasteiger partial charge is 0.244 e. The van der Waals surface area contributed by atoms with Crippen LogP contribution < -0.4 is 0 Å². The first-order valence-corrected chi connectivity index (χ1v) is 4.79. The molecule has 0 unspecified atom stereocenters. The fourth-order valence-electron chi connectivity index (χ4n) is 1.18. The second-order valence-electron chi connectivity index (χ2n) is 2.71. The fourth-order valence-corrected chi connectivity index (χ4v) is 1.58. The predicted octanol–water partition coefficient (Wildman–Crippen LogP) is 3.05. The van der Waals surface area contributed by atoms with Crippen LogP contribution in [0.5, 0.6) is 0 Å². The molecule has 1 aromatic heterocycles. The summed E-state index contributed by atoms with van der Waals surface area (Å²) in [4.78, 5) is 7.79. The molecule has 0 aliphatic carbocycles. The predicted molar refractivity (Wildman–Crippen MR) is 55.1 cm³/mol. The Morgan fingerprint density at radius 1 is 1.14 bits per heavy atom. The maximum atomic E-state index is 13.4. The van der Waals surface area contributed by atoms with E-state index in [1.165, 1.54) is 12.4 Å². The van der Waals surface area contributed by atoms with Gasteiger partial charge >= 0.3 is 0 Å². The van der Waals surface area contributed by atoms with Gasteiger partial charge in [0.25, 0.3) is 0 Å². The molecule has 1 heterocycles. The molecule has 0 bridgehead atoms. The van der Waals surface area contributed by atoms with Crippen molar-refractivity contribution in [3.05, 3.63) is 47.2 Å². The van der Waals surface area contributed by atoms with E-state index >= 15 is 0 Å². The van der Waals surface area contributed by atoms with E-state index in [1.807, 2.05) is 0 Å². The molecule has 0 aliphatic rings. The molecule has 0 saturated carbocycles. The van der Waals surface area contributed by atoms with Crippen LogP contribution in [0.25, 0.3) is 11.1 Å². The number of halogens is 2. The summed E-state index contributed by atoms with van der Waals surface area (Å²) in [6, 6.07) is 6.53. The monoisotopic (exact) mass is 252 g/mol. The molecule has 0 radical (unpaired) electrons. The van der Waals surface area contributed by atoms with Crippen molar-refractivity contribution in [3.8, 4) is 11.1 Å². The lowest BCUT2D eigenvalue weighted by Crippen LogP contribution is -1.88. The standard InChI is InChI=1S/C10H6BrFN2/c11-10-8(5-13-6-14-10)7-3-1-2-4-9(7)12/h1-6H. The molecule has 4 heteroatoms. The van der Waals surface area contributed by atoms with Crippen LogP contribution in [-0.4, -0.2) is 9.97 Å². The van der Waals surface area contributed by atoms with Crippen molar-refractivity contribution in [1.29, 1.82) is 0 Å². The fraction of sp³-hybridized carbons (Fsp3) is 0. The zero-order valence-corrected chi connectivity index (χ0v) is 8.70. The maximum Gasteiger partial charge on any atom is 0.131 e. The van der Waals surface area contributed by atoms with Gasteiger partial charge in [-0.1, -0.05) is 18.2 Å². The third kappa shape index (κ3) is 1.65. The number of hydrogen-bond acceptors (Lipinski definition) is 2. The summed E-state index contributed by atoms with van der Waals surface area (Å²) in [7, 11) is 0. The first kappa shape index (κ1) is 9.27. The van der Waals surface area contributed by atoms with Gasteiger partial charge in [0, 0.05) is 17.3 Å². The number of aromatic nitrogens is 2. The quantitative estimate of drug-likeness (QED) is 0.730. The number of rotatable bonds is 1. The molecular formula is C10H6BrFN2. The van der Waals surface area contributed by atoms with Gasteiger partial charge in [0.1, 0.15) is 16.7 Å². The van der Waals surface area contributed by atoms with Crippen molar-refractivity contribution >= 4 is 15.9 Å². The van der Waals surface area contributed by atoms with Gasteiger partial charge in [-0.2, -0.15) is 0 Å². The average molecular weight is 253 g/mol. The summed E-state index contributed by atoms with van der Waals surface area (Å²) in [6.07, 6.45) is 2.99. The van der Waals surface area contributed by atoms with E-state index in [-0.39, 0.29) is 5.82 Å². The first-order valence-electron chi connectivity index (χ1n) is 3.99. The molecule has 0 N–H and O–H groups in total. The normalized spacial score (nSPS) is 10.1. The van der Waals surface area contributed by atoms with Crippen LogP contribution in [0, 0.1) is 5.82 Å². The lowest BCUT2D eigenvalue weighted by molar-refractivity contribution is 0.631. The summed E-state index contributed by atoms with van der Waals surface area (Å²) < 4.78 is 14.0. The molecule has 2 rings (SSSR count). The topological polar surface area (TPSA) is 25.8 Å². The van der Waals surface area contributed by atoms with Crippen LogP contribution in [0.2, 0.25) is 0 Å². The van der Waals surface area contributed by atoms with Gasteiger partial charge in [-0.15, -0.1) is 0 Å². The first-order chi connectivity index (χ1) is 6.79. The number of hydrogen-bond donors (Lipinski definition) is 0. The van der Waals surface area contributed by atoms with Gasteiger partial charge in [-0.3, -0.25) is 0 Å². The van der Waals surface area contributed by atoms with E-state index in [2.05, 4.69) is 25.9 Å². The van der Waals surface area contributed by atoms with E-state index < -0.39 is 0 Å². The van der Waals surface area contributed by atoms with Crippen LogP contribution >= 0.6 is 15.9 Å². The lowest BCUT2D eigenvalue weighted by atomic mass is 10.1. The Kier molecular flexibility index (Phi) is 2.54. The molecule has 2 nitrogen and oxygen atoms in total. The van der Waals surface area contributed by atoms with Crippen LogP contribution in [0.1, 0.15) is 0 Å². The van der Waals surface area contributed by atoms with E-state index in [1.54, 1.807) is 24.4 Å². The molecule has 0 saturated heterocycles. The molecule has 2 aromatic rings. The van der Waals surface area contributed by atoms with Gasteiger partial charge in [-0.25, -0.2) is 14.4 Å². The molecule has 0 spiro atoms. The van der Waals surface area contributed by atoms with Crippen LogP contribution in [0.15, 0.2) is 41.4 Å². The third-order valence-corrected chi connectivity index (χ3v) is 2.46. The van der Waals surface area contributed by atoms with Crippen molar-refractivity contribution < 1.29 is 4.39 Å². The van der Waals surface area contributed by atoms with Crippen LogP contribution in [-0.2, 0) is 0 Å². The van der Waals surface area contributed by atoms with Crippen molar-refractivity contribution in [3.63, 3.8) is 0 Å². The summed E-state index contributed by atoms with van der Waals surface area (Å²) in [5.41, 5.74) is 1.16. The minimum Gasteiger partial charge on any atom is -0.244 e. The molecule has 0 atom stereocenters. The van der Waals surface area contributed by atoms with Gasteiger partial charge in [0.05, 0.1) is 0 Å². The molecule has 14 heavy (non-hydrogen) atoms. The average Bonchev–Trinajstić information content (AvgIpc) is 2.20. The molecule has 0 aliphatic heterocycles. The van der Waals surface area contributed by atoms with E-state index in [0.29, 0.717) is 15.7 Å². The Balaban J connectivity index is 2.61. The highest BCUT2D eigenvalue weighted by Crippen LogP contribution is 2.27. The zero-order valence-electron chi connectivity index (χ0n) is 7.11. The van der Waals surface area contributed by atoms with Crippen molar-refractivity contribution in [2.24, 2.45) is 0 Å². The molecule has 70 valence electrons. The molecule has 0 fully saturated rings. The van der Waals surface area contributed by atoms with Gasteiger partial charge in [0.15, 0.2) is 0 Å². The van der Waals surface area contributed by atoms with E-state index in [4.69, 9.17) is 0 Å². The van der Waals surface area contributed by atoms with Gasteiger partial charge < -0.3 is 0 Å². The highest BCUT2D eigenvalue weighted by atomic mass is 79.9. The Morgan fingerprint density at radius 3 is 2.64 bits per heavy atom. The Labute approximate surface area is 89.0 Å². The van der Waals surface area contributed by atoms with Gasteiger partial charge in [-0.05, 0) is 22.0 Å². The SMILES string of the molecule is Fc1ccccc1-c1cncnc1Br. The van der Waals surface area contributed by atoms with E-state index in [0.717, 1.165) is 0 Å². The van der Waals surface area contributed by atoms with E-state index in [9.17, 15) is 4.39 Å². The molecule has 0 amide bonds. The van der Waals surface area contributed by atoms with Crippen molar-refractivity contribution in [2.75, 3.05) is 0 Å². The van der Waals surface area contributed by atoms with Crippen LogP contribution in [0.3, 0.4) is 0 Å². The number of nitrogens with zero attached hydrogens (tertiary/aromatic N) is 2. The minimum absolute atomic E-state index is 0.275. The third-order valence-electron chi connectivity index (χ3n) is 1.83. The van der Waals surface area contributed by atoms with Gasteiger partial charge in [0.2, 0.25) is 0 Å². The second kappa shape index (κ2) is 3.84. The minimum atomic E-state index is -0.275. The lowest BCUT2D eigenvalue weighted by Gasteiger charge is -2.03. The Bertz CT molecular complexity index is 416. The van der Waals surface area contributed by atoms with Crippen LogP contribution in [0.4, 0.5) is 4.39 Å². The Hall–Kier alpha value is -1.29. The smallest absolute Gasteiger partial charge is 0.131 e. The Morgan fingerprint density at radius 2 is 1.93 bits per heavy atom.